The molecule has 0 unspecified atom stereocenters. The standard InChI is InChI=1S/C15H19BrN4O/c1-2-7-20-9-17-8-11(20)14-18-13(10-5-3-4-6-10)12(16)15(21)19-14/h8-10H,2-7H2,1H3,(H,18,19,21). The highest BCUT2D eigenvalue weighted by molar-refractivity contribution is 9.10. The Labute approximate surface area is 132 Å². The third-order valence-electron chi connectivity index (χ3n) is 4.05. The van der Waals surface area contributed by atoms with Crippen molar-refractivity contribution in [2.45, 2.75) is 51.5 Å². The molecule has 2 aromatic heterocycles. The van der Waals surface area contributed by atoms with E-state index in [4.69, 9.17) is 4.98 Å². The Kier molecular flexibility index (Phi) is 4.24. The minimum absolute atomic E-state index is 0.105. The number of aromatic amines is 1. The van der Waals surface area contributed by atoms with Crippen LogP contribution < -0.4 is 5.56 Å². The highest BCUT2D eigenvalue weighted by Crippen LogP contribution is 2.35. The second kappa shape index (κ2) is 6.13. The molecule has 1 saturated carbocycles. The number of H-pyrrole nitrogens is 1. The summed E-state index contributed by atoms with van der Waals surface area (Å²) in [6, 6.07) is 0. The first kappa shape index (κ1) is 14.5. The molecule has 0 bridgehead atoms. The Bertz CT molecular complexity index is 685. The van der Waals surface area contributed by atoms with Crippen LogP contribution in [-0.4, -0.2) is 19.5 Å². The van der Waals surface area contributed by atoms with Crippen molar-refractivity contribution in [2.24, 2.45) is 0 Å². The topological polar surface area (TPSA) is 63.6 Å². The highest BCUT2D eigenvalue weighted by Gasteiger charge is 2.23. The predicted molar refractivity (Wildman–Crippen MR) is 85.3 cm³/mol. The first-order chi connectivity index (χ1) is 10.2. The van der Waals surface area contributed by atoms with Crippen molar-refractivity contribution >= 4 is 15.9 Å². The van der Waals surface area contributed by atoms with E-state index in [9.17, 15) is 4.79 Å². The maximum atomic E-state index is 12.2. The van der Waals surface area contributed by atoms with Gasteiger partial charge in [0.1, 0.15) is 10.2 Å². The minimum atomic E-state index is -0.105. The summed E-state index contributed by atoms with van der Waals surface area (Å²) in [5, 5.41) is 0. The molecule has 1 N–H and O–H groups in total. The Morgan fingerprint density at radius 1 is 1.43 bits per heavy atom. The molecule has 1 fully saturated rings. The van der Waals surface area contributed by atoms with E-state index in [-0.39, 0.29) is 5.56 Å². The van der Waals surface area contributed by atoms with E-state index >= 15 is 0 Å². The summed E-state index contributed by atoms with van der Waals surface area (Å²) in [6.45, 7) is 2.99. The van der Waals surface area contributed by atoms with E-state index in [1.165, 1.54) is 12.8 Å². The highest BCUT2D eigenvalue weighted by atomic mass is 79.9. The van der Waals surface area contributed by atoms with Crippen LogP contribution in [0.4, 0.5) is 0 Å². The SMILES string of the molecule is CCCn1cncc1-c1nc(C2CCCC2)c(Br)c(=O)[nH]1. The number of hydrogen-bond donors (Lipinski definition) is 1. The average molecular weight is 351 g/mol. The summed E-state index contributed by atoms with van der Waals surface area (Å²) < 4.78 is 2.62. The van der Waals surface area contributed by atoms with Gasteiger partial charge in [-0.1, -0.05) is 19.8 Å². The number of imidazole rings is 1. The summed E-state index contributed by atoms with van der Waals surface area (Å²) in [7, 11) is 0. The van der Waals surface area contributed by atoms with Crippen LogP contribution in [0.15, 0.2) is 21.8 Å². The molecule has 0 spiro atoms. The summed E-state index contributed by atoms with van der Waals surface area (Å²) >= 11 is 3.41. The second-order valence-corrected chi connectivity index (χ2v) is 6.36. The number of rotatable bonds is 4. The van der Waals surface area contributed by atoms with Gasteiger partial charge in [-0.25, -0.2) is 9.97 Å². The lowest BCUT2D eigenvalue weighted by molar-refractivity contribution is 0.671. The molecule has 0 aliphatic heterocycles. The van der Waals surface area contributed by atoms with Crippen molar-refractivity contribution in [3.05, 3.63) is 33.0 Å². The summed E-state index contributed by atoms with van der Waals surface area (Å²) in [6.07, 6.45) is 9.23. The Balaban J connectivity index is 2.06. The number of nitrogens with one attached hydrogen (secondary N) is 1. The molecule has 0 saturated heterocycles. The van der Waals surface area contributed by atoms with Crippen LogP contribution in [0.1, 0.15) is 50.6 Å². The third-order valence-corrected chi connectivity index (χ3v) is 4.82. The first-order valence-electron chi connectivity index (χ1n) is 7.51. The second-order valence-electron chi connectivity index (χ2n) is 5.57. The van der Waals surface area contributed by atoms with Crippen LogP contribution in [0.3, 0.4) is 0 Å². The van der Waals surface area contributed by atoms with Crippen molar-refractivity contribution in [2.75, 3.05) is 0 Å². The summed E-state index contributed by atoms with van der Waals surface area (Å²) in [5.41, 5.74) is 1.67. The van der Waals surface area contributed by atoms with E-state index in [1.54, 1.807) is 12.5 Å². The van der Waals surface area contributed by atoms with Crippen molar-refractivity contribution in [3.8, 4) is 11.5 Å². The van der Waals surface area contributed by atoms with Gasteiger partial charge in [-0.2, -0.15) is 0 Å². The van der Waals surface area contributed by atoms with E-state index in [2.05, 4.69) is 32.8 Å². The molecule has 1 aliphatic rings. The van der Waals surface area contributed by atoms with E-state index < -0.39 is 0 Å². The number of halogens is 1. The number of hydrogen-bond acceptors (Lipinski definition) is 3. The van der Waals surface area contributed by atoms with Crippen LogP contribution in [0.25, 0.3) is 11.5 Å². The lowest BCUT2D eigenvalue weighted by Crippen LogP contribution is -2.16. The largest absolute Gasteiger partial charge is 0.328 e. The van der Waals surface area contributed by atoms with Gasteiger partial charge < -0.3 is 9.55 Å². The van der Waals surface area contributed by atoms with Gasteiger partial charge in [-0.15, -0.1) is 0 Å². The maximum Gasteiger partial charge on any atom is 0.265 e. The Morgan fingerprint density at radius 3 is 2.90 bits per heavy atom. The van der Waals surface area contributed by atoms with Crippen molar-refractivity contribution in [1.82, 2.24) is 19.5 Å². The van der Waals surface area contributed by atoms with Crippen molar-refractivity contribution in [3.63, 3.8) is 0 Å². The first-order valence-corrected chi connectivity index (χ1v) is 8.30. The van der Waals surface area contributed by atoms with Gasteiger partial charge in [-0.3, -0.25) is 4.79 Å². The zero-order valence-corrected chi connectivity index (χ0v) is 13.7. The minimum Gasteiger partial charge on any atom is -0.328 e. The lowest BCUT2D eigenvalue weighted by Gasteiger charge is -2.13. The average Bonchev–Trinajstić information content (AvgIpc) is 3.13. The van der Waals surface area contributed by atoms with Crippen LogP contribution in [0.2, 0.25) is 0 Å². The molecular formula is C15H19BrN4O. The molecule has 0 amide bonds. The molecule has 21 heavy (non-hydrogen) atoms. The predicted octanol–water partition coefficient (Wildman–Crippen LogP) is 3.46. The van der Waals surface area contributed by atoms with Gasteiger partial charge >= 0.3 is 0 Å². The molecule has 3 rings (SSSR count). The van der Waals surface area contributed by atoms with Crippen LogP contribution >= 0.6 is 15.9 Å². The molecule has 2 heterocycles. The van der Waals surface area contributed by atoms with Gasteiger partial charge in [0.15, 0.2) is 5.82 Å². The Hall–Kier alpha value is -1.43. The fourth-order valence-corrected chi connectivity index (χ4v) is 3.52. The zero-order valence-electron chi connectivity index (χ0n) is 12.1. The van der Waals surface area contributed by atoms with E-state index in [0.717, 1.165) is 37.2 Å². The number of aryl methyl sites for hydroxylation is 1. The fraction of sp³-hybridized carbons (Fsp3) is 0.533. The fourth-order valence-electron chi connectivity index (χ4n) is 3.00. The molecule has 1 aliphatic carbocycles. The molecule has 112 valence electrons. The molecule has 0 radical (unpaired) electrons. The zero-order chi connectivity index (χ0) is 14.8. The molecule has 0 atom stereocenters. The van der Waals surface area contributed by atoms with Crippen LogP contribution in [0, 0.1) is 0 Å². The molecular weight excluding hydrogens is 332 g/mol. The van der Waals surface area contributed by atoms with Crippen LogP contribution in [-0.2, 0) is 6.54 Å². The third kappa shape index (κ3) is 2.81. The maximum absolute atomic E-state index is 12.2. The van der Waals surface area contributed by atoms with Crippen molar-refractivity contribution < 1.29 is 0 Å². The van der Waals surface area contributed by atoms with E-state index in [0.29, 0.717) is 16.2 Å². The lowest BCUT2D eigenvalue weighted by atomic mass is 10.0. The summed E-state index contributed by atoms with van der Waals surface area (Å²) in [4.78, 5) is 24.0. The normalized spacial score (nSPS) is 15.7. The van der Waals surface area contributed by atoms with Gasteiger partial charge in [0, 0.05) is 12.5 Å². The van der Waals surface area contributed by atoms with E-state index in [1.807, 2.05) is 4.57 Å². The molecule has 0 aromatic carbocycles. The van der Waals surface area contributed by atoms with Crippen molar-refractivity contribution in [1.29, 1.82) is 0 Å². The monoisotopic (exact) mass is 350 g/mol. The smallest absolute Gasteiger partial charge is 0.265 e. The molecule has 2 aromatic rings. The van der Waals surface area contributed by atoms with Gasteiger partial charge in [-0.05, 0) is 35.2 Å². The van der Waals surface area contributed by atoms with Crippen LogP contribution in [0.5, 0.6) is 0 Å². The molecule has 5 nitrogen and oxygen atoms in total. The van der Waals surface area contributed by atoms with Gasteiger partial charge in [0.05, 0.1) is 18.2 Å². The van der Waals surface area contributed by atoms with Gasteiger partial charge in [0.2, 0.25) is 0 Å². The quantitative estimate of drug-likeness (QED) is 0.918. The number of nitrogens with zero attached hydrogens (tertiary/aromatic N) is 3. The van der Waals surface area contributed by atoms with Gasteiger partial charge in [0.25, 0.3) is 5.56 Å². The summed E-state index contributed by atoms with van der Waals surface area (Å²) in [5.74, 6) is 1.01. The molecule has 6 heteroatoms. The Morgan fingerprint density at radius 2 is 2.19 bits per heavy atom. The number of aromatic nitrogens is 4.